The second-order valence-corrected chi connectivity index (χ2v) is 6.18. The number of hydrogen-bond acceptors (Lipinski definition) is 2. The molecule has 2 N–H and O–H groups in total. The number of fused-ring (bicyclic) bond motifs is 2. The highest BCUT2D eigenvalue weighted by Gasteiger charge is 2.40. The molecule has 0 aliphatic heterocycles. The van der Waals surface area contributed by atoms with Gasteiger partial charge in [0.25, 0.3) is 0 Å². The number of carbonyl (C=O) groups is 2. The lowest BCUT2D eigenvalue weighted by molar-refractivity contribution is -0.117. The van der Waals surface area contributed by atoms with E-state index in [-0.39, 0.29) is 17.2 Å². The number of benzene rings is 1. The number of anilines is 1. The molecule has 3 unspecified atom stereocenters. The molecule has 1 amide bonds. The number of aromatic carboxylic acids is 1. The largest absolute Gasteiger partial charge is 0.478 e. The van der Waals surface area contributed by atoms with E-state index in [2.05, 4.69) is 5.32 Å². The summed E-state index contributed by atoms with van der Waals surface area (Å²) in [6, 6.07) is 3.38. The van der Waals surface area contributed by atoms with Gasteiger partial charge in [-0.05, 0) is 55.2 Å². The van der Waals surface area contributed by atoms with Gasteiger partial charge in [-0.15, -0.1) is 0 Å². The van der Waals surface area contributed by atoms with Crippen LogP contribution in [0.25, 0.3) is 0 Å². The molecule has 112 valence electrons. The Hall–Kier alpha value is -1.91. The fourth-order valence-corrected chi connectivity index (χ4v) is 3.87. The van der Waals surface area contributed by atoms with Crippen molar-refractivity contribution < 1.29 is 19.1 Å². The number of nitrogens with one attached hydrogen (secondary N) is 1. The van der Waals surface area contributed by atoms with Crippen LogP contribution in [-0.2, 0) is 4.79 Å². The van der Waals surface area contributed by atoms with Gasteiger partial charge in [0.05, 0.1) is 11.3 Å². The van der Waals surface area contributed by atoms with Crippen molar-refractivity contribution in [2.24, 2.45) is 17.8 Å². The molecule has 21 heavy (non-hydrogen) atoms. The van der Waals surface area contributed by atoms with Crippen LogP contribution in [0.1, 0.15) is 42.5 Å². The Morgan fingerprint density at radius 1 is 1.29 bits per heavy atom. The van der Waals surface area contributed by atoms with E-state index in [1.807, 2.05) is 0 Å². The third-order valence-electron chi connectivity index (χ3n) is 4.82. The predicted molar refractivity (Wildman–Crippen MR) is 75.5 cm³/mol. The summed E-state index contributed by atoms with van der Waals surface area (Å²) >= 11 is 0. The third kappa shape index (κ3) is 2.91. The smallest absolute Gasteiger partial charge is 0.337 e. The zero-order chi connectivity index (χ0) is 15.0. The summed E-state index contributed by atoms with van der Waals surface area (Å²) in [5.41, 5.74) is -0.0478. The van der Waals surface area contributed by atoms with E-state index < -0.39 is 11.8 Å². The van der Waals surface area contributed by atoms with E-state index in [0.717, 1.165) is 24.5 Å². The SMILES string of the molecule is O=C(CC1CC2CCC1C2)Nc1ccc(F)cc1C(=O)O. The molecule has 1 aromatic rings. The van der Waals surface area contributed by atoms with Gasteiger partial charge in [-0.25, -0.2) is 9.18 Å². The van der Waals surface area contributed by atoms with Gasteiger partial charge in [-0.3, -0.25) is 4.79 Å². The van der Waals surface area contributed by atoms with Crippen LogP contribution in [0.3, 0.4) is 0 Å². The molecule has 2 aliphatic carbocycles. The van der Waals surface area contributed by atoms with E-state index in [1.165, 1.54) is 25.3 Å². The molecular weight excluding hydrogens is 273 g/mol. The number of carboxylic acids is 1. The average molecular weight is 291 g/mol. The van der Waals surface area contributed by atoms with Crippen molar-refractivity contribution in [2.75, 3.05) is 5.32 Å². The summed E-state index contributed by atoms with van der Waals surface area (Å²) in [7, 11) is 0. The number of halogens is 1. The summed E-state index contributed by atoms with van der Waals surface area (Å²) in [6.45, 7) is 0. The van der Waals surface area contributed by atoms with Crippen molar-refractivity contribution in [3.8, 4) is 0 Å². The first-order valence-electron chi connectivity index (χ1n) is 7.35. The first kappa shape index (κ1) is 14.0. The van der Waals surface area contributed by atoms with Crippen LogP contribution in [0.15, 0.2) is 18.2 Å². The van der Waals surface area contributed by atoms with Crippen LogP contribution in [0.2, 0.25) is 0 Å². The standard InChI is InChI=1S/C16H18FNO3/c17-12-3-4-14(13(8-12)16(20)21)18-15(19)7-11-6-9-1-2-10(11)5-9/h3-4,8-11H,1-2,5-7H2,(H,18,19)(H,20,21). The number of carboxylic acid groups (broad SMARTS) is 1. The highest BCUT2D eigenvalue weighted by Crippen LogP contribution is 2.49. The third-order valence-corrected chi connectivity index (χ3v) is 4.82. The topological polar surface area (TPSA) is 66.4 Å². The van der Waals surface area contributed by atoms with Gasteiger partial charge in [0.2, 0.25) is 5.91 Å². The second kappa shape index (κ2) is 5.47. The van der Waals surface area contributed by atoms with Crippen molar-refractivity contribution in [1.29, 1.82) is 0 Å². The Morgan fingerprint density at radius 2 is 2.10 bits per heavy atom. The molecular formula is C16H18FNO3. The number of carbonyl (C=O) groups excluding carboxylic acids is 1. The lowest BCUT2D eigenvalue weighted by Gasteiger charge is -2.21. The maximum Gasteiger partial charge on any atom is 0.337 e. The van der Waals surface area contributed by atoms with Gasteiger partial charge in [-0.2, -0.15) is 0 Å². The second-order valence-electron chi connectivity index (χ2n) is 6.18. The van der Waals surface area contributed by atoms with Crippen molar-refractivity contribution in [3.05, 3.63) is 29.6 Å². The minimum Gasteiger partial charge on any atom is -0.478 e. The summed E-state index contributed by atoms with van der Waals surface area (Å²) in [5.74, 6) is -0.219. The maximum atomic E-state index is 13.1. The van der Waals surface area contributed by atoms with E-state index in [1.54, 1.807) is 0 Å². The minimum atomic E-state index is -1.25. The number of amides is 1. The number of rotatable bonds is 4. The highest BCUT2D eigenvalue weighted by atomic mass is 19.1. The molecule has 0 aromatic heterocycles. The van der Waals surface area contributed by atoms with Crippen molar-refractivity contribution in [3.63, 3.8) is 0 Å². The van der Waals surface area contributed by atoms with Gasteiger partial charge in [0.15, 0.2) is 0 Å². The molecule has 3 rings (SSSR count). The average Bonchev–Trinajstić information content (AvgIpc) is 3.02. The van der Waals surface area contributed by atoms with E-state index in [4.69, 9.17) is 5.11 Å². The Bertz CT molecular complexity index is 587. The van der Waals surface area contributed by atoms with E-state index in [0.29, 0.717) is 18.3 Å². The van der Waals surface area contributed by atoms with Crippen LogP contribution < -0.4 is 5.32 Å². The lowest BCUT2D eigenvalue weighted by Crippen LogP contribution is -2.21. The quantitative estimate of drug-likeness (QED) is 0.894. The summed E-state index contributed by atoms with van der Waals surface area (Å²) in [6.07, 6.45) is 5.25. The Morgan fingerprint density at radius 3 is 2.71 bits per heavy atom. The minimum absolute atomic E-state index is 0.164. The molecule has 2 bridgehead atoms. The molecule has 2 saturated carbocycles. The molecule has 0 spiro atoms. The molecule has 0 saturated heterocycles. The summed E-state index contributed by atoms with van der Waals surface area (Å²) < 4.78 is 13.1. The Balaban J connectivity index is 1.66. The van der Waals surface area contributed by atoms with Crippen LogP contribution >= 0.6 is 0 Å². The Kier molecular flexibility index (Phi) is 3.66. The van der Waals surface area contributed by atoms with E-state index in [9.17, 15) is 14.0 Å². The van der Waals surface area contributed by atoms with Gasteiger partial charge in [0.1, 0.15) is 5.82 Å². The van der Waals surface area contributed by atoms with Crippen molar-refractivity contribution in [1.82, 2.24) is 0 Å². The fraction of sp³-hybridized carbons (Fsp3) is 0.500. The molecule has 0 heterocycles. The van der Waals surface area contributed by atoms with Gasteiger partial charge in [-0.1, -0.05) is 6.42 Å². The molecule has 3 atom stereocenters. The monoisotopic (exact) mass is 291 g/mol. The first-order chi connectivity index (χ1) is 10.0. The molecule has 1 aromatic carbocycles. The first-order valence-corrected chi connectivity index (χ1v) is 7.35. The molecule has 0 radical (unpaired) electrons. The van der Waals surface area contributed by atoms with Crippen LogP contribution in [0, 0.1) is 23.6 Å². The van der Waals surface area contributed by atoms with Crippen LogP contribution in [0.4, 0.5) is 10.1 Å². The molecule has 4 nitrogen and oxygen atoms in total. The van der Waals surface area contributed by atoms with Gasteiger partial charge in [0, 0.05) is 6.42 Å². The fourth-order valence-electron chi connectivity index (χ4n) is 3.87. The zero-order valence-electron chi connectivity index (χ0n) is 11.6. The van der Waals surface area contributed by atoms with Gasteiger partial charge < -0.3 is 10.4 Å². The van der Waals surface area contributed by atoms with E-state index >= 15 is 0 Å². The van der Waals surface area contributed by atoms with Crippen LogP contribution in [-0.4, -0.2) is 17.0 Å². The summed E-state index contributed by atoms with van der Waals surface area (Å²) in [5, 5.41) is 11.7. The molecule has 5 heteroatoms. The highest BCUT2D eigenvalue weighted by molar-refractivity contribution is 6.00. The normalized spacial score (nSPS) is 26.8. The molecule has 2 aliphatic rings. The summed E-state index contributed by atoms with van der Waals surface area (Å²) in [4.78, 5) is 23.2. The van der Waals surface area contributed by atoms with Crippen LogP contribution in [0.5, 0.6) is 0 Å². The van der Waals surface area contributed by atoms with Gasteiger partial charge >= 0.3 is 5.97 Å². The van der Waals surface area contributed by atoms with Crippen molar-refractivity contribution >= 4 is 17.6 Å². The number of hydrogen-bond donors (Lipinski definition) is 2. The van der Waals surface area contributed by atoms with Crippen molar-refractivity contribution in [2.45, 2.75) is 32.1 Å². The molecule has 2 fully saturated rings. The lowest BCUT2D eigenvalue weighted by atomic mass is 9.86. The predicted octanol–water partition coefficient (Wildman–Crippen LogP) is 3.29. The maximum absolute atomic E-state index is 13.1. The Labute approximate surface area is 122 Å². The zero-order valence-corrected chi connectivity index (χ0v) is 11.6.